The third-order valence-corrected chi connectivity index (χ3v) is 6.65. The summed E-state index contributed by atoms with van der Waals surface area (Å²) in [6.07, 6.45) is 2.80. The molecule has 3 rings (SSSR count). The number of anilines is 3. The number of rotatable bonds is 13. The van der Waals surface area contributed by atoms with E-state index in [1.807, 2.05) is 12.1 Å². The molecule has 206 valence electrons. The molecule has 1 aliphatic carbocycles. The van der Waals surface area contributed by atoms with Gasteiger partial charge in [-0.05, 0) is 76.6 Å². The first kappa shape index (κ1) is 28.7. The van der Waals surface area contributed by atoms with Gasteiger partial charge in [-0.2, -0.15) is 4.98 Å². The fourth-order valence-electron chi connectivity index (χ4n) is 4.77. The van der Waals surface area contributed by atoms with Crippen LogP contribution in [0.2, 0.25) is 0 Å². The fourth-order valence-corrected chi connectivity index (χ4v) is 4.77. The highest BCUT2D eigenvalue weighted by Gasteiger charge is 2.28. The summed E-state index contributed by atoms with van der Waals surface area (Å²) < 4.78 is 9.99. The number of amides is 1. The summed E-state index contributed by atoms with van der Waals surface area (Å²) in [7, 11) is 0. The lowest BCUT2D eigenvalue weighted by Gasteiger charge is -2.25. The zero-order valence-electron chi connectivity index (χ0n) is 22.4. The van der Waals surface area contributed by atoms with Crippen molar-refractivity contribution in [2.24, 2.45) is 0 Å². The number of aryl methyl sites for hydroxylation is 1. The van der Waals surface area contributed by atoms with E-state index in [2.05, 4.69) is 27.1 Å². The molecule has 1 unspecified atom stereocenters. The SMILES string of the molecule is CCOC(=O)CC[C@H](NC(=O)c1ccc(N(CC)CCC2CCc3nc(N)nc(N)c32)cc1)C(=O)OCC. The van der Waals surface area contributed by atoms with Gasteiger partial charge in [0.15, 0.2) is 0 Å². The quantitative estimate of drug-likeness (QED) is 0.331. The Hall–Kier alpha value is -3.89. The summed E-state index contributed by atoms with van der Waals surface area (Å²) in [4.78, 5) is 47.7. The van der Waals surface area contributed by atoms with Crippen LogP contribution in [0.25, 0.3) is 0 Å². The molecule has 2 aromatic rings. The van der Waals surface area contributed by atoms with Gasteiger partial charge >= 0.3 is 11.9 Å². The monoisotopic (exact) mass is 526 g/mol. The molecule has 1 heterocycles. The summed E-state index contributed by atoms with van der Waals surface area (Å²) in [6, 6.07) is 6.27. The minimum Gasteiger partial charge on any atom is -0.466 e. The highest BCUT2D eigenvalue weighted by atomic mass is 16.5. The van der Waals surface area contributed by atoms with E-state index in [1.165, 1.54) is 0 Å². The highest BCUT2D eigenvalue weighted by Crippen LogP contribution is 2.38. The van der Waals surface area contributed by atoms with Gasteiger partial charge < -0.3 is 31.2 Å². The molecule has 0 fully saturated rings. The molecule has 38 heavy (non-hydrogen) atoms. The minimum absolute atomic E-state index is 0.00136. The molecule has 11 heteroatoms. The van der Waals surface area contributed by atoms with Crippen LogP contribution < -0.4 is 21.7 Å². The van der Waals surface area contributed by atoms with E-state index in [0.717, 1.165) is 49.3 Å². The van der Waals surface area contributed by atoms with Crippen LogP contribution in [0.3, 0.4) is 0 Å². The molecular formula is C27H38N6O5. The van der Waals surface area contributed by atoms with Crippen LogP contribution in [-0.4, -0.2) is 60.2 Å². The van der Waals surface area contributed by atoms with E-state index >= 15 is 0 Å². The van der Waals surface area contributed by atoms with Gasteiger partial charge in [-0.15, -0.1) is 0 Å². The maximum absolute atomic E-state index is 12.9. The standard InChI is InChI=1S/C27H38N6O5/c1-4-33(16-15-17-9-12-20-23(17)24(28)32-27(29)31-20)19-10-7-18(8-11-19)25(35)30-21(26(36)38-6-3)13-14-22(34)37-5-2/h7-8,10-11,17,21H,4-6,9,12-16H2,1-3H3,(H,30,35)(H4,28,29,31,32)/t17?,21-/m0/s1. The number of nitrogens with zero attached hydrogens (tertiary/aromatic N) is 3. The van der Waals surface area contributed by atoms with Gasteiger partial charge in [0.2, 0.25) is 5.95 Å². The molecule has 0 spiro atoms. The first-order chi connectivity index (χ1) is 18.3. The predicted octanol–water partition coefficient (Wildman–Crippen LogP) is 2.59. The van der Waals surface area contributed by atoms with Gasteiger partial charge in [-0.3, -0.25) is 9.59 Å². The number of nitrogens with one attached hydrogen (secondary N) is 1. The Labute approximate surface area is 223 Å². The number of hydrogen-bond acceptors (Lipinski definition) is 10. The average Bonchev–Trinajstić information content (AvgIpc) is 3.30. The van der Waals surface area contributed by atoms with E-state index in [1.54, 1.807) is 26.0 Å². The Morgan fingerprint density at radius 1 is 1.08 bits per heavy atom. The maximum Gasteiger partial charge on any atom is 0.328 e. The molecule has 5 N–H and O–H groups in total. The lowest BCUT2D eigenvalue weighted by molar-refractivity contribution is -0.146. The third-order valence-electron chi connectivity index (χ3n) is 6.65. The first-order valence-corrected chi connectivity index (χ1v) is 13.2. The molecule has 1 aliphatic rings. The van der Waals surface area contributed by atoms with Crippen molar-refractivity contribution < 1.29 is 23.9 Å². The number of hydrogen-bond donors (Lipinski definition) is 3. The van der Waals surface area contributed by atoms with Crippen LogP contribution in [0.1, 0.15) is 74.0 Å². The Kier molecular flexibility index (Phi) is 10.3. The number of carbonyl (C=O) groups is 3. The second-order valence-corrected chi connectivity index (χ2v) is 9.10. The zero-order chi connectivity index (χ0) is 27.7. The average molecular weight is 527 g/mol. The Balaban J connectivity index is 1.61. The minimum atomic E-state index is -0.945. The van der Waals surface area contributed by atoms with Gasteiger partial charge in [0, 0.05) is 36.3 Å². The molecule has 0 radical (unpaired) electrons. The van der Waals surface area contributed by atoms with Crippen LogP contribution in [0.15, 0.2) is 24.3 Å². The van der Waals surface area contributed by atoms with Gasteiger partial charge in [-0.25, -0.2) is 9.78 Å². The molecule has 0 aliphatic heterocycles. The van der Waals surface area contributed by atoms with E-state index < -0.39 is 23.9 Å². The summed E-state index contributed by atoms with van der Waals surface area (Å²) >= 11 is 0. The number of ether oxygens (including phenoxy) is 2. The maximum atomic E-state index is 12.9. The van der Waals surface area contributed by atoms with Gasteiger partial charge in [0.05, 0.1) is 18.9 Å². The number of aromatic nitrogens is 2. The zero-order valence-corrected chi connectivity index (χ0v) is 22.4. The van der Waals surface area contributed by atoms with Crippen LogP contribution in [0.4, 0.5) is 17.5 Å². The van der Waals surface area contributed by atoms with Crippen molar-refractivity contribution >= 4 is 35.3 Å². The largest absolute Gasteiger partial charge is 0.466 e. The summed E-state index contributed by atoms with van der Waals surface area (Å²) in [5.74, 6) is -0.467. The van der Waals surface area contributed by atoms with Crippen LogP contribution >= 0.6 is 0 Å². The van der Waals surface area contributed by atoms with Crippen LogP contribution in [0, 0.1) is 0 Å². The topological polar surface area (TPSA) is 163 Å². The van der Waals surface area contributed by atoms with Crippen molar-refractivity contribution in [3.8, 4) is 0 Å². The van der Waals surface area contributed by atoms with E-state index in [4.69, 9.17) is 20.9 Å². The summed E-state index contributed by atoms with van der Waals surface area (Å²) in [5.41, 5.74) is 15.2. The normalized spacial score (nSPS) is 14.9. The van der Waals surface area contributed by atoms with Crippen molar-refractivity contribution in [1.29, 1.82) is 0 Å². The summed E-state index contributed by atoms with van der Waals surface area (Å²) in [6.45, 7) is 7.49. The number of nitrogens with two attached hydrogens (primary N) is 2. The molecule has 2 atom stereocenters. The second-order valence-electron chi connectivity index (χ2n) is 9.10. The Morgan fingerprint density at radius 2 is 1.79 bits per heavy atom. The number of carbonyl (C=O) groups excluding carboxylic acids is 3. The molecule has 1 aromatic heterocycles. The van der Waals surface area contributed by atoms with Gasteiger partial charge in [0.1, 0.15) is 11.9 Å². The number of fused-ring (bicyclic) bond motifs is 1. The van der Waals surface area contributed by atoms with Crippen molar-refractivity contribution in [3.63, 3.8) is 0 Å². The molecular weight excluding hydrogens is 488 g/mol. The smallest absolute Gasteiger partial charge is 0.328 e. The summed E-state index contributed by atoms with van der Waals surface area (Å²) in [5, 5.41) is 2.69. The molecule has 1 amide bonds. The lowest BCUT2D eigenvalue weighted by Crippen LogP contribution is -2.42. The molecule has 1 aromatic carbocycles. The van der Waals surface area contributed by atoms with Gasteiger partial charge in [0.25, 0.3) is 5.91 Å². The Morgan fingerprint density at radius 3 is 2.45 bits per heavy atom. The van der Waals surface area contributed by atoms with E-state index in [9.17, 15) is 14.4 Å². The first-order valence-electron chi connectivity index (χ1n) is 13.2. The number of esters is 2. The molecule has 11 nitrogen and oxygen atoms in total. The van der Waals surface area contributed by atoms with E-state index in [0.29, 0.717) is 11.4 Å². The lowest BCUT2D eigenvalue weighted by atomic mass is 9.98. The van der Waals surface area contributed by atoms with Crippen molar-refractivity contribution in [2.75, 3.05) is 42.7 Å². The number of benzene rings is 1. The number of nitrogen functional groups attached to an aromatic ring is 2. The van der Waals surface area contributed by atoms with Crippen molar-refractivity contribution in [3.05, 3.63) is 41.1 Å². The fraction of sp³-hybridized carbons (Fsp3) is 0.519. The van der Waals surface area contributed by atoms with E-state index in [-0.39, 0.29) is 37.9 Å². The van der Waals surface area contributed by atoms with Crippen molar-refractivity contribution in [2.45, 2.75) is 64.8 Å². The van der Waals surface area contributed by atoms with Crippen LogP contribution in [0.5, 0.6) is 0 Å². The van der Waals surface area contributed by atoms with Crippen molar-refractivity contribution in [1.82, 2.24) is 15.3 Å². The Bertz CT molecular complexity index is 1120. The van der Waals surface area contributed by atoms with Crippen LogP contribution in [-0.2, 0) is 25.5 Å². The van der Waals surface area contributed by atoms with Gasteiger partial charge in [-0.1, -0.05) is 0 Å². The predicted molar refractivity (Wildman–Crippen MR) is 145 cm³/mol. The highest BCUT2D eigenvalue weighted by molar-refractivity contribution is 5.97. The molecule has 0 bridgehead atoms. The molecule has 0 saturated carbocycles. The molecule has 0 saturated heterocycles. The third kappa shape index (κ3) is 7.33. The second kappa shape index (κ2) is 13.6.